The smallest absolute Gasteiger partial charge is 0.348 e. The lowest BCUT2D eigenvalue weighted by Crippen LogP contribution is -2.21. The molecule has 7 nitrogen and oxygen atoms in total. The van der Waals surface area contributed by atoms with Crippen LogP contribution in [-0.2, 0) is 0 Å². The standard InChI is InChI=1S/C17H18N2O5/c1-4-23-13-7-5-12(6-8-13)16(21)19-18-11(3)15-14(20)9-10(2)24-17(15)22/h5-9,20H,4H2,1-3H3,(H,19,21). The molecule has 2 N–H and O–H groups in total. The van der Waals surface area contributed by atoms with Gasteiger partial charge in [-0.1, -0.05) is 0 Å². The molecule has 0 fully saturated rings. The maximum Gasteiger partial charge on any atom is 0.348 e. The van der Waals surface area contributed by atoms with Crippen molar-refractivity contribution in [2.75, 3.05) is 6.61 Å². The van der Waals surface area contributed by atoms with Crippen molar-refractivity contribution in [3.05, 3.63) is 57.6 Å². The number of rotatable bonds is 5. The van der Waals surface area contributed by atoms with E-state index in [0.29, 0.717) is 17.9 Å². The van der Waals surface area contributed by atoms with Crippen LogP contribution in [0, 0.1) is 6.92 Å². The van der Waals surface area contributed by atoms with Gasteiger partial charge < -0.3 is 14.3 Å². The highest BCUT2D eigenvalue weighted by Crippen LogP contribution is 2.15. The van der Waals surface area contributed by atoms with Crippen LogP contribution >= 0.6 is 0 Å². The molecule has 0 saturated heterocycles. The molecule has 0 aliphatic heterocycles. The van der Waals surface area contributed by atoms with E-state index in [0.717, 1.165) is 0 Å². The summed E-state index contributed by atoms with van der Waals surface area (Å²) in [7, 11) is 0. The molecule has 0 atom stereocenters. The van der Waals surface area contributed by atoms with Crippen molar-refractivity contribution in [1.82, 2.24) is 5.43 Å². The quantitative estimate of drug-likeness (QED) is 0.646. The molecule has 7 heteroatoms. The molecule has 0 unspecified atom stereocenters. The minimum absolute atomic E-state index is 0.0902. The van der Waals surface area contributed by atoms with Crippen LogP contribution in [0.25, 0.3) is 0 Å². The van der Waals surface area contributed by atoms with Crippen molar-refractivity contribution in [3.63, 3.8) is 0 Å². The predicted octanol–water partition coefficient (Wildman–Crippen LogP) is 2.21. The summed E-state index contributed by atoms with van der Waals surface area (Å²) >= 11 is 0. The van der Waals surface area contributed by atoms with E-state index >= 15 is 0 Å². The van der Waals surface area contributed by atoms with Gasteiger partial charge in [0.15, 0.2) is 0 Å². The van der Waals surface area contributed by atoms with Gasteiger partial charge in [-0.05, 0) is 45.0 Å². The number of carbonyl (C=O) groups excluding carboxylic acids is 1. The zero-order valence-corrected chi connectivity index (χ0v) is 13.6. The summed E-state index contributed by atoms with van der Waals surface area (Å²) in [5.41, 5.74) is 2.05. The van der Waals surface area contributed by atoms with Gasteiger partial charge in [0, 0.05) is 11.6 Å². The van der Waals surface area contributed by atoms with Gasteiger partial charge in [0.05, 0.1) is 12.3 Å². The molecule has 1 aromatic heterocycles. The normalized spacial score (nSPS) is 11.2. The molecule has 0 aliphatic rings. The van der Waals surface area contributed by atoms with Crippen molar-refractivity contribution in [3.8, 4) is 11.5 Å². The van der Waals surface area contributed by atoms with Gasteiger partial charge in [0.2, 0.25) is 0 Å². The fraction of sp³-hybridized carbons (Fsp3) is 0.235. The summed E-state index contributed by atoms with van der Waals surface area (Å²) in [6, 6.07) is 7.86. The zero-order chi connectivity index (χ0) is 17.7. The second-order valence-corrected chi connectivity index (χ2v) is 5.00. The lowest BCUT2D eigenvalue weighted by atomic mass is 10.2. The lowest BCUT2D eigenvalue weighted by molar-refractivity contribution is 0.0954. The van der Waals surface area contributed by atoms with Gasteiger partial charge in [0.25, 0.3) is 5.91 Å². The molecule has 0 saturated carbocycles. The molecule has 0 bridgehead atoms. The maximum absolute atomic E-state index is 12.1. The Bertz CT molecular complexity index is 822. The van der Waals surface area contributed by atoms with E-state index in [9.17, 15) is 14.7 Å². The number of aryl methyl sites for hydroxylation is 1. The van der Waals surface area contributed by atoms with Crippen molar-refractivity contribution in [1.29, 1.82) is 0 Å². The molecule has 2 aromatic rings. The average Bonchev–Trinajstić information content (AvgIpc) is 2.52. The number of nitrogens with one attached hydrogen (secondary N) is 1. The maximum atomic E-state index is 12.1. The predicted molar refractivity (Wildman–Crippen MR) is 88.7 cm³/mol. The Balaban J connectivity index is 2.15. The number of hydrazone groups is 1. The summed E-state index contributed by atoms with van der Waals surface area (Å²) < 4.78 is 10.2. The van der Waals surface area contributed by atoms with E-state index in [1.54, 1.807) is 31.2 Å². The second kappa shape index (κ2) is 7.45. The number of benzene rings is 1. The van der Waals surface area contributed by atoms with Gasteiger partial charge >= 0.3 is 5.63 Å². The molecule has 0 radical (unpaired) electrons. The first kappa shape index (κ1) is 17.3. The third-order valence-electron chi connectivity index (χ3n) is 3.17. The Morgan fingerprint density at radius 2 is 2.00 bits per heavy atom. The van der Waals surface area contributed by atoms with Crippen LogP contribution in [0.2, 0.25) is 0 Å². The molecular weight excluding hydrogens is 312 g/mol. The fourth-order valence-corrected chi connectivity index (χ4v) is 2.05. The van der Waals surface area contributed by atoms with Crippen LogP contribution < -0.4 is 15.8 Å². The van der Waals surface area contributed by atoms with Crippen molar-refractivity contribution in [2.45, 2.75) is 20.8 Å². The van der Waals surface area contributed by atoms with Crippen molar-refractivity contribution >= 4 is 11.6 Å². The van der Waals surface area contributed by atoms with Gasteiger partial charge in [-0.25, -0.2) is 10.2 Å². The monoisotopic (exact) mass is 330 g/mol. The largest absolute Gasteiger partial charge is 0.507 e. The van der Waals surface area contributed by atoms with E-state index in [-0.39, 0.29) is 22.8 Å². The van der Waals surface area contributed by atoms with Crippen LogP contribution in [0.5, 0.6) is 11.5 Å². The van der Waals surface area contributed by atoms with Crippen LogP contribution in [0.4, 0.5) is 0 Å². The van der Waals surface area contributed by atoms with Gasteiger partial charge in [0.1, 0.15) is 22.8 Å². The molecular formula is C17H18N2O5. The van der Waals surface area contributed by atoms with Crippen LogP contribution in [0.1, 0.15) is 35.5 Å². The van der Waals surface area contributed by atoms with E-state index in [4.69, 9.17) is 9.15 Å². The Morgan fingerprint density at radius 3 is 2.58 bits per heavy atom. The summed E-state index contributed by atoms with van der Waals surface area (Å²) in [6.07, 6.45) is 0. The van der Waals surface area contributed by atoms with Gasteiger partial charge in [-0.15, -0.1) is 0 Å². The van der Waals surface area contributed by atoms with Crippen LogP contribution in [-0.4, -0.2) is 23.3 Å². The summed E-state index contributed by atoms with van der Waals surface area (Å²) in [5.74, 6) is 0.247. The van der Waals surface area contributed by atoms with E-state index in [1.807, 2.05) is 6.92 Å². The fourth-order valence-electron chi connectivity index (χ4n) is 2.05. The van der Waals surface area contributed by atoms with Crippen LogP contribution in [0.3, 0.4) is 0 Å². The highest BCUT2D eigenvalue weighted by atomic mass is 16.5. The zero-order valence-electron chi connectivity index (χ0n) is 13.6. The van der Waals surface area contributed by atoms with Crippen LogP contribution in [0.15, 0.2) is 44.6 Å². The Labute approximate surface area is 138 Å². The van der Waals surface area contributed by atoms with E-state index in [1.165, 1.54) is 13.0 Å². The topological polar surface area (TPSA) is 101 Å². The first-order valence-electron chi connectivity index (χ1n) is 7.34. The van der Waals surface area contributed by atoms with Gasteiger partial charge in [-0.2, -0.15) is 5.10 Å². The van der Waals surface area contributed by atoms with Crippen molar-refractivity contribution < 1.29 is 19.1 Å². The highest BCUT2D eigenvalue weighted by Gasteiger charge is 2.13. The number of carbonyl (C=O) groups is 1. The summed E-state index contributed by atoms with van der Waals surface area (Å²) in [4.78, 5) is 23.8. The third kappa shape index (κ3) is 4.01. The van der Waals surface area contributed by atoms with Crippen molar-refractivity contribution in [2.24, 2.45) is 5.10 Å². The summed E-state index contributed by atoms with van der Waals surface area (Å²) in [6.45, 7) is 5.44. The number of aromatic hydroxyl groups is 1. The molecule has 126 valence electrons. The molecule has 1 amide bonds. The Hall–Kier alpha value is -3.09. The molecule has 1 heterocycles. The van der Waals surface area contributed by atoms with E-state index in [2.05, 4.69) is 10.5 Å². The minimum atomic E-state index is -0.718. The number of hydrogen-bond donors (Lipinski definition) is 2. The van der Waals surface area contributed by atoms with Gasteiger partial charge in [-0.3, -0.25) is 4.79 Å². The average molecular weight is 330 g/mol. The Kier molecular flexibility index (Phi) is 5.36. The summed E-state index contributed by atoms with van der Waals surface area (Å²) in [5, 5.41) is 13.7. The molecule has 0 spiro atoms. The highest BCUT2D eigenvalue weighted by molar-refractivity contribution is 6.02. The first-order chi connectivity index (χ1) is 11.4. The molecule has 24 heavy (non-hydrogen) atoms. The Morgan fingerprint density at radius 1 is 1.33 bits per heavy atom. The molecule has 0 aliphatic carbocycles. The lowest BCUT2D eigenvalue weighted by Gasteiger charge is -2.06. The second-order valence-electron chi connectivity index (χ2n) is 5.00. The van der Waals surface area contributed by atoms with E-state index < -0.39 is 11.5 Å². The number of amides is 1. The molecule has 2 rings (SSSR count). The number of nitrogens with zero attached hydrogens (tertiary/aromatic N) is 1. The number of hydrogen-bond acceptors (Lipinski definition) is 6. The third-order valence-corrected chi connectivity index (χ3v) is 3.17. The first-order valence-corrected chi connectivity index (χ1v) is 7.34. The number of ether oxygens (including phenoxy) is 1. The SMILES string of the molecule is CCOc1ccc(C(=O)NN=C(C)c2c(O)cc(C)oc2=O)cc1. The molecule has 1 aromatic carbocycles. The minimum Gasteiger partial charge on any atom is -0.507 e.